The third-order valence-electron chi connectivity index (χ3n) is 7.81. The molecule has 3 aromatic rings. The van der Waals surface area contributed by atoms with E-state index in [-0.39, 0.29) is 42.4 Å². The topological polar surface area (TPSA) is 113 Å². The first-order valence-corrected chi connectivity index (χ1v) is 16.2. The maximum Gasteiger partial charge on any atom is 0.410 e. The molecular formula is C32H40Cl2N4O5S. The van der Waals surface area contributed by atoms with E-state index >= 15 is 0 Å². The van der Waals surface area contributed by atoms with E-state index in [4.69, 9.17) is 22.1 Å². The SMILES string of the molecule is CN(CC(CCN1CCC(N(CC(N)=O)C(=O)OCc2ccccc2)CC1)c1cccc(Cl)c1)S(=O)(=O)c1ccccc1.Cl. The van der Waals surface area contributed by atoms with Gasteiger partial charge in [-0.25, -0.2) is 17.5 Å². The summed E-state index contributed by atoms with van der Waals surface area (Å²) in [6.07, 6.45) is 1.49. The molecule has 3 aromatic carbocycles. The summed E-state index contributed by atoms with van der Waals surface area (Å²) < 4.78 is 33.4. The van der Waals surface area contributed by atoms with E-state index in [0.29, 0.717) is 43.9 Å². The minimum atomic E-state index is -3.65. The molecule has 2 amide bonds. The Morgan fingerprint density at radius 3 is 2.25 bits per heavy atom. The summed E-state index contributed by atoms with van der Waals surface area (Å²) in [6.45, 7) is 2.38. The Bertz CT molecular complexity index is 1460. The normalized spacial score (nSPS) is 14.9. The highest BCUT2D eigenvalue weighted by molar-refractivity contribution is 7.89. The van der Waals surface area contributed by atoms with Gasteiger partial charge in [-0.3, -0.25) is 9.69 Å². The predicted molar refractivity (Wildman–Crippen MR) is 174 cm³/mol. The molecule has 1 fully saturated rings. The second-order valence-electron chi connectivity index (χ2n) is 10.8. The molecule has 1 saturated heterocycles. The fourth-order valence-electron chi connectivity index (χ4n) is 5.41. The van der Waals surface area contributed by atoms with Crippen LogP contribution in [0.2, 0.25) is 5.02 Å². The standard InChI is InChI=1S/C32H39ClN4O5S.ClH/c1-35(43(40,41)30-13-6-3-7-14-30)22-27(26-11-8-12-28(33)21-26)15-18-36-19-16-29(17-20-36)37(23-31(34)38)32(39)42-24-25-9-4-2-5-10-25;/h2-14,21,27,29H,15-20,22-24H2,1H3,(H2,34,38);1H. The minimum absolute atomic E-state index is 0. The zero-order chi connectivity index (χ0) is 30.8. The minimum Gasteiger partial charge on any atom is -0.445 e. The molecule has 2 N–H and O–H groups in total. The number of benzene rings is 3. The number of nitrogens with zero attached hydrogens (tertiary/aromatic N) is 3. The van der Waals surface area contributed by atoms with Gasteiger partial charge in [0.1, 0.15) is 13.2 Å². The number of rotatable bonds is 13. The number of ether oxygens (including phenoxy) is 1. The average molecular weight is 664 g/mol. The van der Waals surface area contributed by atoms with Crippen molar-refractivity contribution in [2.75, 3.05) is 39.8 Å². The smallest absolute Gasteiger partial charge is 0.410 e. The Morgan fingerprint density at radius 1 is 1.00 bits per heavy atom. The third-order valence-corrected chi connectivity index (χ3v) is 9.88. The van der Waals surface area contributed by atoms with Crippen LogP contribution in [0.1, 0.15) is 36.3 Å². The Hall–Kier alpha value is -3.15. The van der Waals surface area contributed by atoms with Gasteiger partial charge in [-0.2, -0.15) is 0 Å². The van der Waals surface area contributed by atoms with Crippen LogP contribution in [-0.2, 0) is 26.2 Å². The van der Waals surface area contributed by atoms with Gasteiger partial charge in [-0.1, -0.05) is 72.3 Å². The van der Waals surface area contributed by atoms with E-state index in [9.17, 15) is 18.0 Å². The van der Waals surface area contributed by atoms with Gasteiger partial charge in [0.15, 0.2) is 0 Å². The van der Waals surface area contributed by atoms with E-state index in [0.717, 1.165) is 17.7 Å². The van der Waals surface area contributed by atoms with Crippen LogP contribution in [0.3, 0.4) is 0 Å². The van der Waals surface area contributed by atoms with E-state index < -0.39 is 22.0 Å². The largest absolute Gasteiger partial charge is 0.445 e. The highest BCUT2D eigenvalue weighted by atomic mass is 35.5. The number of halogens is 2. The van der Waals surface area contributed by atoms with Gasteiger partial charge in [0, 0.05) is 37.7 Å². The number of hydrogen-bond acceptors (Lipinski definition) is 6. The number of likely N-dealkylation sites (tertiary alicyclic amines) is 1. The highest BCUT2D eigenvalue weighted by Gasteiger charge is 2.31. The lowest BCUT2D eigenvalue weighted by Gasteiger charge is -2.38. The average Bonchev–Trinajstić information content (AvgIpc) is 3.01. The number of carbonyl (C=O) groups excluding carboxylic acids is 2. The second-order valence-corrected chi connectivity index (χ2v) is 13.3. The summed E-state index contributed by atoms with van der Waals surface area (Å²) in [5.74, 6) is -0.669. The molecule has 0 aromatic heterocycles. The molecule has 1 aliphatic heterocycles. The summed E-state index contributed by atoms with van der Waals surface area (Å²) in [4.78, 5) is 28.7. The lowest BCUT2D eigenvalue weighted by atomic mass is 9.94. The van der Waals surface area contributed by atoms with Crippen molar-refractivity contribution in [3.05, 3.63) is 101 Å². The van der Waals surface area contributed by atoms with Crippen molar-refractivity contribution < 1.29 is 22.7 Å². The molecule has 1 heterocycles. The quantitative estimate of drug-likeness (QED) is 0.271. The van der Waals surface area contributed by atoms with Gasteiger partial charge in [0.2, 0.25) is 15.9 Å². The van der Waals surface area contributed by atoms with Gasteiger partial charge in [0.05, 0.1) is 4.90 Å². The van der Waals surface area contributed by atoms with Crippen LogP contribution in [0.25, 0.3) is 0 Å². The molecule has 238 valence electrons. The maximum atomic E-state index is 13.2. The molecule has 0 spiro atoms. The van der Waals surface area contributed by atoms with Gasteiger partial charge in [0.25, 0.3) is 0 Å². The number of sulfonamides is 1. The first kappa shape index (κ1) is 35.3. The zero-order valence-electron chi connectivity index (χ0n) is 24.8. The second kappa shape index (κ2) is 16.8. The monoisotopic (exact) mass is 662 g/mol. The van der Waals surface area contributed by atoms with Crippen LogP contribution in [0.5, 0.6) is 0 Å². The molecule has 0 bridgehead atoms. The lowest BCUT2D eigenvalue weighted by molar-refractivity contribution is -0.119. The molecule has 1 unspecified atom stereocenters. The molecule has 12 heteroatoms. The van der Waals surface area contributed by atoms with E-state index in [1.807, 2.05) is 48.5 Å². The molecule has 4 rings (SSSR count). The number of nitrogens with two attached hydrogens (primary N) is 1. The van der Waals surface area contributed by atoms with Crippen LogP contribution in [0.4, 0.5) is 4.79 Å². The molecular weight excluding hydrogens is 623 g/mol. The molecule has 0 aliphatic carbocycles. The van der Waals surface area contributed by atoms with Crippen molar-refractivity contribution in [2.45, 2.75) is 42.7 Å². The van der Waals surface area contributed by atoms with Crippen LogP contribution < -0.4 is 5.73 Å². The fraction of sp³-hybridized carbons (Fsp3) is 0.375. The summed E-state index contributed by atoms with van der Waals surface area (Å²) in [7, 11) is -2.05. The summed E-state index contributed by atoms with van der Waals surface area (Å²) >= 11 is 6.31. The number of primary amides is 1. The molecule has 1 aliphatic rings. The van der Waals surface area contributed by atoms with Crippen molar-refractivity contribution in [1.29, 1.82) is 0 Å². The van der Waals surface area contributed by atoms with Crippen molar-refractivity contribution in [2.24, 2.45) is 5.73 Å². The Kier molecular flexibility index (Phi) is 13.5. The molecule has 0 saturated carbocycles. The number of piperidine rings is 1. The highest BCUT2D eigenvalue weighted by Crippen LogP contribution is 2.27. The molecule has 9 nitrogen and oxygen atoms in total. The van der Waals surface area contributed by atoms with Crippen molar-refractivity contribution >= 4 is 46.0 Å². The first-order chi connectivity index (χ1) is 20.6. The summed E-state index contributed by atoms with van der Waals surface area (Å²) in [5.41, 5.74) is 7.31. The molecule has 44 heavy (non-hydrogen) atoms. The van der Waals surface area contributed by atoms with Crippen molar-refractivity contribution in [3.8, 4) is 0 Å². The van der Waals surface area contributed by atoms with Crippen molar-refractivity contribution in [1.82, 2.24) is 14.1 Å². The number of carbonyl (C=O) groups is 2. The molecule has 1 atom stereocenters. The fourth-order valence-corrected chi connectivity index (χ4v) is 6.85. The van der Waals surface area contributed by atoms with Crippen LogP contribution in [0.15, 0.2) is 89.8 Å². The first-order valence-electron chi connectivity index (χ1n) is 14.4. The maximum absolute atomic E-state index is 13.2. The van der Waals surface area contributed by atoms with Gasteiger partial charge >= 0.3 is 6.09 Å². The number of amides is 2. The van der Waals surface area contributed by atoms with Gasteiger partial charge in [-0.05, 0) is 67.1 Å². The predicted octanol–water partition coefficient (Wildman–Crippen LogP) is 5.14. The Labute approximate surface area is 271 Å². The number of hydrogen-bond donors (Lipinski definition) is 1. The van der Waals surface area contributed by atoms with E-state index in [1.165, 1.54) is 9.21 Å². The Balaban J connectivity index is 0.00000529. The van der Waals surface area contributed by atoms with Crippen LogP contribution >= 0.6 is 24.0 Å². The van der Waals surface area contributed by atoms with Crippen molar-refractivity contribution in [3.63, 3.8) is 0 Å². The van der Waals surface area contributed by atoms with Crippen LogP contribution in [-0.4, -0.2) is 80.3 Å². The Morgan fingerprint density at radius 2 is 1.64 bits per heavy atom. The van der Waals surface area contributed by atoms with Gasteiger partial charge in [-0.15, -0.1) is 12.4 Å². The number of likely N-dealkylation sites (N-methyl/N-ethyl adjacent to an activating group) is 1. The molecule has 0 radical (unpaired) electrons. The lowest BCUT2D eigenvalue weighted by Crippen LogP contribution is -2.50. The zero-order valence-corrected chi connectivity index (χ0v) is 27.1. The van der Waals surface area contributed by atoms with Gasteiger partial charge < -0.3 is 15.4 Å². The summed E-state index contributed by atoms with van der Waals surface area (Å²) in [6, 6.07) is 25.2. The van der Waals surface area contributed by atoms with E-state index in [2.05, 4.69) is 4.90 Å². The van der Waals surface area contributed by atoms with E-state index in [1.54, 1.807) is 43.4 Å². The summed E-state index contributed by atoms with van der Waals surface area (Å²) in [5, 5.41) is 0.602. The third kappa shape index (κ3) is 9.93. The van der Waals surface area contributed by atoms with Crippen LogP contribution in [0, 0.1) is 0 Å².